The molecular weight excluding hydrogens is 96.1 g/mol. The van der Waals surface area contributed by atoms with E-state index in [4.69, 9.17) is 0 Å². The van der Waals surface area contributed by atoms with Crippen LogP contribution in [0.25, 0.3) is 0 Å². The second-order valence-electron chi connectivity index (χ2n) is 2.01. The summed E-state index contributed by atoms with van der Waals surface area (Å²) in [5.74, 6) is 0.702. The van der Waals surface area contributed by atoms with Crippen LogP contribution in [0.4, 0.5) is 0 Å². The molecule has 0 aliphatic rings. The largest absolute Gasteiger partial charge is 0.0991 e. The maximum Gasteiger partial charge on any atom is -0.0261 e. The smallest absolute Gasteiger partial charge is 0.0261 e. The first-order valence-electron chi connectivity index (χ1n) is 3.10. The highest BCUT2D eigenvalue weighted by molar-refractivity contribution is 4.98. The summed E-state index contributed by atoms with van der Waals surface area (Å²) in [6.45, 7) is 7.95. The van der Waals surface area contributed by atoms with Gasteiger partial charge in [-0.05, 0) is 5.92 Å². The van der Waals surface area contributed by atoms with E-state index in [1.54, 1.807) is 0 Å². The quantitative estimate of drug-likeness (QED) is 0.490. The van der Waals surface area contributed by atoms with E-state index in [1.165, 1.54) is 6.42 Å². The summed E-state index contributed by atoms with van der Waals surface area (Å²) in [6, 6.07) is 0. The average Bonchev–Trinajstić information content (AvgIpc) is 1.83. The predicted octanol–water partition coefficient (Wildman–Crippen LogP) is 2.77. The van der Waals surface area contributed by atoms with Crippen LogP contribution in [0.5, 0.6) is 0 Å². The lowest BCUT2D eigenvalue weighted by atomic mass is 10.1. The van der Waals surface area contributed by atoms with Crippen LogP contribution < -0.4 is 0 Å². The van der Waals surface area contributed by atoms with Gasteiger partial charge < -0.3 is 0 Å². The Bertz CT molecular complexity index is 80.0. The van der Waals surface area contributed by atoms with Crippen molar-refractivity contribution in [3.05, 3.63) is 24.8 Å². The molecule has 0 unspecified atom stereocenters. The Kier molecular flexibility index (Phi) is 4.33. The van der Waals surface area contributed by atoms with Crippen molar-refractivity contribution in [2.24, 2.45) is 5.92 Å². The Morgan fingerprint density at radius 3 is 2.62 bits per heavy atom. The summed E-state index contributed by atoms with van der Waals surface area (Å²) < 4.78 is 0. The zero-order chi connectivity index (χ0) is 6.41. The average molecular weight is 110 g/mol. The van der Waals surface area contributed by atoms with Crippen molar-refractivity contribution in [2.45, 2.75) is 20.3 Å². The molecule has 0 aliphatic heterocycles. The standard InChI is InChI=1S/C8H14/c1-4-6-7-8(3)5-2/h4,6-8H,1,5H2,2-3H3/b7-6+/t8-/m1/s1. The molecule has 0 aromatic rings. The van der Waals surface area contributed by atoms with Crippen molar-refractivity contribution in [3.8, 4) is 0 Å². The first-order valence-corrected chi connectivity index (χ1v) is 3.10. The fraction of sp³-hybridized carbons (Fsp3) is 0.500. The molecule has 0 aliphatic carbocycles. The molecule has 0 amide bonds. The van der Waals surface area contributed by atoms with E-state index in [2.05, 4.69) is 26.5 Å². The van der Waals surface area contributed by atoms with Crippen molar-refractivity contribution >= 4 is 0 Å². The van der Waals surface area contributed by atoms with Gasteiger partial charge in [0.25, 0.3) is 0 Å². The van der Waals surface area contributed by atoms with Crippen LogP contribution in [0.2, 0.25) is 0 Å². The molecule has 0 heterocycles. The molecule has 0 aromatic carbocycles. The van der Waals surface area contributed by atoms with Crippen LogP contribution in [-0.4, -0.2) is 0 Å². The van der Waals surface area contributed by atoms with Crippen LogP contribution in [0.15, 0.2) is 24.8 Å². The Morgan fingerprint density at radius 2 is 2.25 bits per heavy atom. The lowest BCUT2D eigenvalue weighted by molar-refractivity contribution is 0.698. The fourth-order valence-corrected chi connectivity index (χ4v) is 0.404. The molecule has 0 fully saturated rings. The highest BCUT2D eigenvalue weighted by Gasteiger charge is 1.86. The first kappa shape index (κ1) is 7.48. The fourth-order valence-electron chi connectivity index (χ4n) is 0.404. The molecule has 0 bridgehead atoms. The van der Waals surface area contributed by atoms with E-state index in [0.717, 1.165) is 0 Å². The molecule has 8 heavy (non-hydrogen) atoms. The molecule has 0 rings (SSSR count). The third-order valence-corrected chi connectivity index (χ3v) is 1.22. The van der Waals surface area contributed by atoms with Crippen molar-refractivity contribution in [2.75, 3.05) is 0 Å². The Hall–Kier alpha value is -0.520. The molecule has 0 nitrogen and oxygen atoms in total. The minimum absolute atomic E-state index is 0.702. The normalized spacial score (nSPS) is 14.2. The van der Waals surface area contributed by atoms with E-state index in [9.17, 15) is 0 Å². The second-order valence-corrected chi connectivity index (χ2v) is 2.01. The van der Waals surface area contributed by atoms with E-state index in [1.807, 2.05) is 12.2 Å². The van der Waals surface area contributed by atoms with Crippen LogP contribution in [0, 0.1) is 5.92 Å². The molecule has 0 saturated heterocycles. The number of hydrogen-bond donors (Lipinski definition) is 0. The van der Waals surface area contributed by atoms with Crippen LogP contribution in [-0.2, 0) is 0 Å². The molecule has 0 spiro atoms. The van der Waals surface area contributed by atoms with Crippen LogP contribution in [0.1, 0.15) is 20.3 Å². The molecule has 1 atom stereocenters. The maximum absolute atomic E-state index is 3.58. The SMILES string of the molecule is C=C/C=C/[C@H](C)CC. The first-order chi connectivity index (χ1) is 3.81. The highest BCUT2D eigenvalue weighted by Crippen LogP contribution is 2.00. The Labute approximate surface area is 51.9 Å². The molecular formula is C8H14. The Morgan fingerprint density at radius 1 is 1.62 bits per heavy atom. The van der Waals surface area contributed by atoms with Crippen LogP contribution >= 0.6 is 0 Å². The van der Waals surface area contributed by atoms with Gasteiger partial charge in [0.2, 0.25) is 0 Å². The van der Waals surface area contributed by atoms with Gasteiger partial charge in [0.15, 0.2) is 0 Å². The van der Waals surface area contributed by atoms with E-state index < -0.39 is 0 Å². The summed E-state index contributed by atoms with van der Waals surface area (Å²) >= 11 is 0. The van der Waals surface area contributed by atoms with E-state index in [-0.39, 0.29) is 0 Å². The monoisotopic (exact) mass is 110 g/mol. The maximum atomic E-state index is 3.58. The zero-order valence-electron chi connectivity index (χ0n) is 5.72. The van der Waals surface area contributed by atoms with Gasteiger partial charge in [-0.25, -0.2) is 0 Å². The molecule has 0 N–H and O–H groups in total. The number of hydrogen-bond acceptors (Lipinski definition) is 0. The van der Waals surface area contributed by atoms with Gasteiger partial charge in [-0.3, -0.25) is 0 Å². The zero-order valence-corrected chi connectivity index (χ0v) is 5.72. The predicted molar refractivity (Wildman–Crippen MR) is 38.8 cm³/mol. The van der Waals surface area contributed by atoms with E-state index in [0.29, 0.717) is 5.92 Å². The molecule has 0 heteroatoms. The van der Waals surface area contributed by atoms with Crippen LogP contribution in [0.3, 0.4) is 0 Å². The third-order valence-electron chi connectivity index (χ3n) is 1.22. The molecule has 0 radical (unpaired) electrons. The van der Waals surface area contributed by atoms with Gasteiger partial charge in [-0.15, -0.1) is 0 Å². The van der Waals surface area contributed by atoms with Crippen molar-refractivity contribution in [1.29, 1.82) is 0 Å². The molecule has 0 saturated carbocycles. The summed E-state index contributed by atoms with van der Waals surface area (Å²) in [7, 11) is 0. The van der Waals surface area contributed by atoms with Crippen molar-refractivity contribution in [1.82, 2.24) is 0 Å². The van der Waals surface area contributed by atoms with Gasteiger partial charge in [0, 0.05) is 0 Å². The third kappa shape index (κ3) is 3.66. The van der Waals surface area contributed by atoms with Gasteiger partial charge in [-0.2, -0.15) is 0 Å². The summed E-state index contributed by atoms with van der Waals surface area (Å²) in [5.41, 5.74) is 0. The lowest BCUT2D eigenvalue weighted by Crippen LogP contribution is -1.82. The Balaban J connectivity index is 3.35. The van der Waals surface area contributed by atoms with Crippen molar-refractivity contribution in [3.63, 3.8) is 0 Å². The lowest BCUT2D eigenvalue weighted by Gasteiger charge is -1.95. The van der Waals surface area contributed by atoms with Crippen molar-refractivity contribution < 1.29 is 0 Å². The summed E-state index contributed by atoms with van der Waals surface area (Å²) in [4.78, 5) is 0. The van der Waals surface area contributed by atoms with E-state index >= 15 is 0 Å². The molecule has 46 valence electrons. The molecule has 0 aromatic heterocycles. The second kappa shape index (κ2) is 4.63. The number of rotatable bonds is 3. The minimum atomic E-state index is 0.702. The van der Waals surface area contributed by atoms with Gasteiger partial charge in [-0.1, -0.05) is 45.1 Å². The topological polar surface area (TPSA) is 0 Å². The highest BCUT2D eigenvalue weighted by atomic mass is 13.9. The summed E-state index contributed by atoms with van der Waals surface area (Å²) in [5, 5.41) is 0. The van der Waals surface area contributed by atoms with Gasteiger partial charge in [0.1, 0.15) is 0 Å². The minimum Gasteiger partial charge on any atom is -0.0991 e. The van der Waals surface area contributed by atoms with Gasteiger partial charge >= 0.3 is 0 Å². The van der Waals surface area contributed by atoms with Gasteiger partial charge in [0.05, 0.1) is 0 Å². The summed E-state index contributed by atoms with van der Waals surface area (Å²) in [6.07, 6.45) is 7.18. The number of allylic oxidation sites excluding steroid dienone is 3.